The van der Waals surface area contributed by atoms with Gasteiger partial charge in [0.05, 0.1) is 16.1 Å². The summed E-state index contributed by atoms with van der Waals surface area (Å²) in [5.74, 6) is 0. The fourth-order valence-electron chi connectivity index (χ4n) is 1.21. The zero-order chi connectivity index (χ0) is 8.55. The minimum Gasteiger partial charge on any atom is -0.359 e. The Morgan fingerprint density at radius 2 is 2.25 bits per heavy atom. The van der Waals surface area contributed by atoms with E-state index < -0.39 is 0 Å². The molecule has 0 radical (unpaired) electrons. The highest BCUT2D eigenvalue weighted by molar-refractivity contribution is 6.35. The number of aromatic nitrogens is 1. The first kappa shape index (κ1) is 7.20. The van der Waals surface area contributed by atoms with Crippen LogP contribution in [0.5, 0.6) is 0 Å². The number of rotatable bonds is 0. The number of aromatic amines is 1. The van der Waals surface area contributed by atoms with E-state index in [-0.39, 0.29) is 0 Å². The molecular weight excluding hydrogens is 172 g/mol. The van der Waals surface area contributed by atoms with E-state index in [1.54, 1.807) is 12.3 Å². The lowest BCUT2D eigenvalue weighted by Gasteiger charge is -1.91. The molecule has 2 nitrogen and oxygen atoms in total. The molecule has 2 aromatic rings. The van der Waals surface area contributed by atoms with Gasteiger partial charge < -0.3 is 4.98 Å². The van der Waals surface area contributed by atoms with E-state index in [1.807, 2.05) is 12.1 Å². The van der Waals surface area contributed by atoms with Crippen molar-refractivity contribution in [3.63, 3.8) is 0 Å². The van der Waals surface area contributed by atoms with E-state index in [1.165, 1.54) is 0 Å². The highest BCUT2D eigenvalue weighted by Crippen LogP contribution is 2.24. The van der Waals surface area contributed by atoms with Crippen molar-refractivity contribution < 1.29 is 0 Å². The molecule has 0 aliphatic heterocycles. The fourth-order valence-corrected chi connectivity index (χ4v) is 1.43. The standard InChI is InChI=1S/C9H5ClN2/c10-8-5-12-9-6(4-11)2-1-3-7(8)9/h1-3,5,12H. The Morgan fingerprint density at radius 3 is 3.00 bits per heavy atom. The van der Waals surface area contributed by atoms with Crippen molar-refractivity contribution >= 4 is 22.5 Å². The van der Waals surface area contributed by atoms with Crippen LogP contribution in [0.25, 0.3) is 10.9 Å². The molecule has 0 atom stereocenters. The van der Waals surface area contributed by atoms with Gasteiger partial charge in [-0.15, -0.1) is 0 Å². The number of benzene rings is 1. The first-order chi connectivity index (χ1) is 5.83. The summed E-state index contributed by atoms with van der Waals surface area (Å²) >= 11 is 5.86. The van der Waals surface area contributed by atoms with Crippen molar-refractivity contribution in [2.75, 3.05) is 0 Å². The summed E-state index contributed by atoms with van der Waals surface area (Å²) in [5.41, 5.74) is 1.43. The number of H-pyrrole nitrogens is 1. The van der Waals surface area contributed by atoms with E-state index >= 15 is 0 Å². The number of nitrogens with zero attached hydrogens (tertiary/aromatic N) is 1. The van der Waals surface area contributed by atoms with Crippen molar-refractivity contribution in [2.45, 2.75) is 0 Å². The predicted molar refractivity (Wildman–Crippen MR) is 48.0 cm³/mol. The topological polar surface area (TPSA) is 39.6 Å². The van der Waals surface area contributed by atoms with Gasteiger partial charge in [0.15, 0.2) is 0 Å². The number of fused-ring (bicyclic) bond motifs is 1. The van der Waals surface area contributed by atoms with E-state index in [9.17, 15) is 0 Å². The molecule has 58 valence electrons. The van der Waals surface area contributed by atoms with Crippen LogP contribution in [0.1, 0.15) is 5.56 Å². The molecule has 0 saturated carbocycles. The third-order valence-corrected chi connectivity index (χ3v) is 2.10. The lowest BCUT2D eigenvalue weighted by Crippen LogP contribution is -1.75. The zero-order valence-corrected chi connectivity index (χ0v) is 6.89. The second kappa shape index (κ2) is 2.54. The summed E-state index contributed by atoms with van der Waals surface area (Å²) in [7, 11) is 0. The molecule has 1 heterocycles. The highest BCUT2D eigenvalue weighted by atomic mass is 35.5. The van der Waals surface area contributed by atoms with Crippen LogP contribution in [0.4, 0.5) is 0 Å². The summed E-state index contributed by atoms with van der Waals surface area (Å²) in [5, 5.41) is 10.3. The van der Waals surface area contributed by atoms with Crippen molar-refractivity contribution in [1.29, 1.82) is 5.26 Å². The minimum atomic E-state index is 0.624. The third kappa shape index (κ3) is 0.876. The van der Waals surface area contributed by atoms with Gasteiger partial charge in [-0.25, -0.2) is 0 Å². The first-order valence-corrected chi connectivity index (χ1v) is 3.86. The number of para-hydroxylation sites is 1. The smallest absolute Gasteiger partial charge is 0.101 e. The normalized spacial score (nSPS) is 10.0. The number of nitriles is 1. The molecule has 1 N–H and O–H groups in total. The Labute approximate surface area is 74.4 Å². The average molecular weight is 177 g/mol. The molecule has 12 heavy (non-hydrogen) atoms. The summed E-state index contributed by atoms with van der Waals surface area (Å²) < 4.78 is 0. The molecule has 1 aromatic heterocycles. The van der Waals surface area contributed by atoms with Crippen LogP contribution < -0.4 is 0 Å². The summed E-state index contributed by atoms with van der Waals surface area (Å²) in [4.78, 5) is 2.95. The molecule has 1 aromatic carbocycles. The Bertz CT molecular complexity index is 465. The van der Waals surface area contributed by atoms with E-state index in [0.717, 1.165) is 10.9 Å². The zero-order valence-electron chi connectivity index (χ0n) is 6.13. The molecule has 0 unspecified atom stereocenters. The van der Waals surface area contributed by atoms with Gasteiger partial charge in [0.2, 0.25) is 0 Å². The fraction of sp³-hybridized carbons (Fsp3) is 0. The van der Waals surface area contributed by atoms with Crippen molar-refractivity contribution in [3.8, 4) is 6.07 Å². The van der Waals surface area contributed by atoms with Gasteiger partial charge in [-0.2, -0.15) is 5.26 Å². The lowest BCUT2D eigenvalue weighted by atomic mass is 10.2. The third-order valence-electron chi connectivity index (χ3n) is 1.79. The molecular formula is C9H5ClN2. The van der Waals surface area contributed by atoms with Crippen LogP contribution in [0.3, 0.4) is 0 Å². The van der Waals surface area contributed by atoms with Gasteiger partial charge in [-0.1, -0.05) is 23.7 Å². The van der Waals surface area contributed by atoms with E-state index in [2.05, 4.69) is 11.1 Å². The molecule has 0 saturated heterocycles. The second-order valence-electron chi connectivity index (χ2n) is 2.48. The molecule has 3 heteroatoms. The minimum absolute atomic E-state index is 0.624. The van der Waals surface area contributed by atoms with Gasteiger partial charge in [0.1, 0.15) is 6.07 Å². The van der Waals surface area contributed by atoms with Crippen LogP contribution in [0.15, 0.2) is 24.4 Å². The molecule has 0 fully saturated rings. The van der Waals surface area contributed by atoms with Gasteiger partial charge >= 0.3 is 0 Å². The quantitative estimate of drug-likeness (QED) is 0.659. The van der Waals surface area contributed by atoms with Crippen LogP contribution >= 0.6 is 11.6 Å². The van der Waals surface area contributed by atoms with E-state index in [0.29, 0.717) is 10.6 Å². The number of hydrogen-bond donors (Lipinski definition) is 1. The van der Waals surface area contributed by atoms with Crippen molar-refractivity contribution in [1.82, 2.24) is 4.98 Å². The molecule has 0 aliphatic carbocycles. The number of nitrogens with one attached hydrogen (secondary N) is 1. The highest BCUT2D eigenvalue weighted by Gasteiger charge is 2.03. The number of halogens is 1. The monoisotopic (exact) mass is 176 g/mol. The van der Waals surface area contributed by atoms with Crippen LogP contribution in [-0.4, -0.2) is 4.98 Å². The Hall–Kier alpha value is -1.46. The van der Waals surface area contributed by atoms with Crippen molar-refractivity contribution in [3.05, 3.63) is 35.0 Å². The molecule has 0 aliphatic rings. The summed E-state index contributed by atoms with van der Waals surface area (Å²) in [6, 6.07) is 7.56. The van der Waals surface area contributed by atoms with Crippen LogP contribution in [0.2, 0.25) is 5.02 Å². The Kier molecular flexibility index (Phi) is 1.53. The van der Waals surface area contributed by atoms with E-state index in [4.69, 9.17) is 16.9 Å². The predicted octanol–water partition coefficient (Wildman–Crippen LogP) is 2.69. The molecule has 0 spiro atoms. The summed E-state index contributed by atoms with van der Waals surface area (Å²) in [6.45, 7) is 0. The van der Waals surface area contributed by atoms with Gasteiger partial charge in [-0.05, 0) is 6.07 Å². The SMILES string of the molecule is N#Cc1cccc2c(Cl)c[nH]c12. The van der Waals surface area contributed by atoms with Crippen LogP contribution in [0, 0.1) is 11.3 Å². The lowest BCUT2D eigenvalue weighted by molar-refractivity contribution is 1.44. The average Bonchev–Trinajstić information content (AvgIpc) is 2.48. The maximum atomic E-state index is 8.73. The van der Waals surface area contributed by atoms with Crippen molar-refractivity contribution in [2.24, 2.45) is 0 Å². The Balaban J connectivity index is 2.92. The first-order valence-electron chi connectivity index (χ1n) is 3.48. The molecule has 0 amide bonds. The second-order valence-corrected chi connectivity index (χ2v) is 2.88. The van der Waals surface area contributed by atoms with Gasteiger partial charge in [0.25, 0.3) is 0 Å². The number of hydrogen-bond acceptors (Lipinski definition) is 1. The summed E-state index contributed by atoms with van der Waals surface area (Å²) in [6.07, 6.45) is 1.69. The van der Waals surface area contributed by atoms with Gasteiger partial charge in [-0.3, -0.25) is 0 Å². The maximum absolute atomic E-state index is 8.73. The largest absolute Gasteiger partial charge is 0.359 e. The Morgan fingerprint density at radius 1 is 1.42 bits per heavy atom. The van der Waals surface area contributed by atoms with Crippen LogP contribution in [-0.2, 0) is 0 Å². The van der Waals surface area contributed by atoms with Gasteiger partial charge in [0, 0.05) is 11.6 Å². The molecule has 2 rings (SSSR count). The molecule has 0 bridgehead atoms. The maximum Gasteiger partial charge on any atom is 0.101 e.